The van der Waals surface area contributed by atoms with Gasteiger partial charge in [-0.05, 0) is 133 Å². The molecule has 0 unspecified atom stereocenters. The van der Waals surface area contributed by atoms with Crippen LogP contribution in [0.15, 0.2) is 133 Å². The van der Waals surface area contributed by atoms with Crippen LogP contribution in [0.25, 0.3) is 33.5 Å². The molecule has 4 aromatic carbocycles. The Hall–Kier alpha value is -5.68. The monoisotopic (exact) mass is 666 g/mol. The van der Waals surface area contributed by atoms with Crippen LogP contribution >= 0.6 is 0 Å². The number of aryl methyl sites for hydroxylation is 4. The molecule has 2 aromatic heterocycles. The Balaban J connectivity index is 1.12. The van der Waals surface area contributed by atoms with E-state index >= 15 is 0 Å². The number of pyridine rings is 2. The largest absolute Gasteiger partial charge is 0.358 e. The summed E-state index contributed by atoms with van der Waals surface area (Å²) >= 11 is 0. The first-order valence-corrected chi connectivity index (χ1v) is 18.0. The van der Waals surface area contributed by atoms with E-state index in [1.54, 1.807) is 0 Å². The number of benzene rings is 4. The summed E-state index contributed by atoms with van der Waals surface area (Å²) in [5, 5.41) is 2.10. The molecule has 5 heteroatoms. The summed E-state index contributed by atoms with van der Waals surface area (Å²) in [7, 11) is 0. The minimum absolute atomic E-state index is 0.127. The van der Waals surface area contributed by atoms with E-state index in [2.05, 4.69) is 147 Å². The molecule has 9 rings (SSSR count). The number of hydrogen-bond acceptors (Lipinski definition) is 5. The zero-order valence-corrected chi connectivity index (χ0v) is 29.8. The molecule has 3 heterocycles. The molecule has 5 nitrogen and oxygen atoms in total. The molecule has 6 aromatic rings. The van der Waals surface area contributed by atoms with E-state index in [1.165, 1.54) is 61.5 Å². The van der Waals surface area contributed by atoms with Crippen LogP contribution in [-0.2, 0) is 12.8 Å². The molecule has 0 fully saturated rings. The molecule has 0 atom stereocenters. The van der Waals surface area contributed by atoms with Crippen molar-refractivity contribution in [3.63, 3.8) is 0 Å². The van der Waals surface area contributed by atoms with Gasteiger partial charge in [0.2, 0.25) is 5.88 Å². The predicted octanol–water partition coefficient (Wildman–Crippen LogP) is 10.6. The molecule has 0 radical (unpaired) electrons. The van der Waals surface area contributed by atoms with E-state index in [0.717, 1.165) is 48.3 Å². The van der Waals surface area contributed by atoms with Gasteiger partial charge in [-0.3, -0.25) is 0 Å². The van der Waals surface area contributed by atoms with Gasteiger partial charge in [-0.25, -0.2) is 9.97 Å². The molecule has 0 amide bonds. The number of rotatable bonds is 6. The molecule has 1 spiro atoms. The summed E-state index contributed by atoms with van der Waals surface area (Å²) in [5.74, 6) is 1.54. The van der Waals surface area contributed by atoms with Gasteiger partial charge < -0.3 is 9.74 Å². The van der Waals surface area contributed by atoms with Crippen molar-refractivity contribution in [2.45, 2.75) is 53.4 Å². The standard InChI is InChI=1S/C46H42N4O/c1-30-12-10-13-31(2)44(30)35-20-21-47-42(23-35)49-29-50(41-28-46(27-40(41)49)25-36-18-8-9-19-37(36)26-46)51-43-24-38(45-32(3)14-11-15-33(45)4)22-39(48-43)34-16-6-5-7-17-34/h5-24H,25-29H2,1-4H3. The first kappa shape index (κ1) is 31.3. The fourth-order valence-electron chi connectivity index (χ4n) is 8.90. The maximum atomic E-state index is 6.97. The zero-order valence-electron chi connectivity index (χ0n) is 29.8. The topological polar surface area (TPSA) is 41.5 Å². The molecule has 0 bridgehead atoms. The number of allylic oxidation sites excluding steroid dienone is 2. The van der Waals surface area contributed by atoms with Crippen molar-refractivity contribution in [3.8, 4) is 39.4 Å². The van der Waals surface area contributed by atoms with E-state index in [1.807, 2.05) is 12.3 Å². The van der Waals surface area contributed by atoms with E-state index in [-0.39, 0.29) is 5.41 Å². The van der Waals surface area contributed by atoms with Crippen molar-refractivity contribution in [2.24, 2.45) is 5.41 Å². The Morgan fingerprint density at radius 3 is 1.84 bits per heavy atom. The predicted molar refractivity (Wildman–Crippen MR) is 206 cm³/mol. The van der Waals surface area contributed by atoms with Gasteiger partial charge in [0.25, 0.3) is 0 Å². The summed E-state index contributed by atoms with van der Waals surface area (Å²) in [6, 6.07) is 41.1. The van der Waals surface area contributed by atoms with Crippen LogP contribution in [0.3, 0.4) is 0 Å². The zero-order chi connectivity index (χ0) is 34.7. The fourth-order valence-corrected chi connectivity index (χ4v) is 8.90. The Bertz CT molecular complexity index is 2280. The second-order valence-corrected chi connectivity index (χ2v) is 14.8. The maximum absolute atomic E-state index is 6.97. The molecule has 1 aliphatic heterocycles. The summed E-state index contributed by atoms with van der Waals surface area (Å²) in [4.78, 5) is 19.5. The van der Waals surface area contributed by atoms with E-state index < -0.39 is 0 Å². The van der Waals surface area contributed by atoms with Gasteiger partial charge in [0, 0.05) is 23.5 Å². The third-order valence-corrected chi connectivity index (χ3v) is 11.2. The summed E-state index contributed by atoms with van der Waals surface area (Å²) in [6.45, 7) is 9.29. The lowest BCUT2D eigenvalue weighted by Gasteiger charge is -2.31. The molecular formula is C46H42N4O. The first-order chi connectivity index (χ1) is 24.8. The summed E-state index contributed by atoms with van der Waals surface area (Å²) < 4.78 is 0. The van der Waals surface area contributed by atoms with Crippen molar-refractivity contribution >= 4 is 5.82 Å². The molecule has 2 aliphatic carbocycles. The number of fused-ring (bicyclic) bond motifs is 1. The fraction of sp³-hybridized carbons (Fsp3) is 0.217. The maximum Gasteiger partial charge on any atom is 0.247 e. The van der Waals surface area contributed by atoms with E-state index in [4.69, 9.17) is 14.8 Å². The number of hydrogen-bond donors (Lipinski definition) is 0. The van der Waals surface area contributed by atoms with Crippen LogP contribution in [0.1, 0.15) is 46.2 Å². The van der Waals surface area contributed by atoms with Gasteiger partial charge in [0.15, 0.2) is 0 Å². The second kappa shape index (κ2) is 12.3. The first-order valence-electron chi connectivity index (χ1n) is 18.0. The lowest BCUT2D eigenvalue weighted by molar-refractivity contribution is -0.0229. The number of nitrogens with zero attached hydrogens (tertiary/aromatic N) is 4. The number of hydroxylamine groups is 2. The second-order valence-electron chi connectivity index (χ2n) is 14.8. The minimum atomic E-state index is 0.127. The van der Waals surface area contributed by atoms with Crippen molar-refractivity contribution < 1.29 is 4.84 Å². The quantitative estimate of drug-likeness (QED) is 0.177. The minimum Gasteiger partial charge on any atom is -0.358 e. The van der Waals surface area contributed by atoms with Crippen LogP contribution in [0.2, 0.25) is 0 Å². The number of anilines is 1. The molecule has 0 saturated heterocycles. The highest BCUT2D eigenvalue weighted by molar-refractivity contribution is 5.76. The Labute approximate surface area is 300 Å². The summed E-state index contributed by atoms with van der Waals surface area (Å²) in [5.41, 5.74) is 17.4. The summed E-state index contributed by atoms with van der Waals surface area (Å²) in [6.07, 6.45) is 6.04. The average molecular weight is 667 g/mol. The normalized spacial score (nSPS) is 15.8. The van der Waals surface area contributed by atoms with Gasteiger partial charge in [0.1, 0.15) is 12.5 Å². The van der Waals surface area contributed by atoms with Gasteiger partial charge in [-0.1, -0.05) is 91.0 Å². The molecule has 252 valence electrons. The van der Waals surface area contributed by atoms with Gasteiger partial charge in [0.05, 0.1) is 11.4 Å². The Morgan fingerprint density at radius 2 is 1.18 bits per heavy atom. The van der Waals surface area contributed by atoms with Crippen LogP contribution in [0, 0.1) is 33.1 Å². The highest BCUT2D eigenvalue weighted by Gasteiger charge is 2.49. The number of aromatic nitrogens is 2. The van der Waals surface area contributed by atoms with Crippen molar-refractivity contribution in [2.75, 3.05) is 11.6 Å². The van der Waals surface area contributed by atoms with Crippen LogP contribution in [0.5, 0.6) is 5.88 Å². The molecular weight excluding hydrogens is 625 g/mol. The van der Waals surface area contributed by atoms with Crippen molar-refractivity contribution in [1.82, 2.24) is 15.0 Å². The molecule has 0 saturated carbocycles. The highest BCUT2D eigenvalue weighted by atomic mass is 16.7. The Kier molecular flexibility index (Phi) is 7.54. The highest BCUT2D eigenvalue weighted by Crippen LogP contribution is 2.55. The molecule has 51 heavy (non-hydrogen) atoms. The van der Waals surface area contributed by atoms with Crippen LogP contribution in [-0.4, -0.2) is 21.7 Å². The SMILES string of the molecule is Cc1cccc(C)c1-c1cc(ON2CN(c3cc(-c4c(C)cccc4C)ccn3)C3=C2CC2(C3)Cc3ccccc3C2)nc(-c2ccccc2)c1. The van der Waals surface area contributed by atoms with Gasteiger partial charge >= 0.3 is 0 Å². The smallest absolute Gasteiger partial charge is 0.247 e. The van der Waals surface area contributed by atoms with Crippen molar-refractivity contribution in [1.29, 1.82) is 0 Å². The van der Waals surface area contributed by atoms with Gasteiger partial charge in [-0.15, -0.1) is 0 Å². The third kappa shape index (κ3) is 5.58. The van der Waals surface area contributed by atoms with Crippen LogP contribution in [0.4, 0.5) is 5.82 Å². The lowest BCUT2D eigenvalue weighted by atomic mass is 9.81. The van der Waals surface area contributed by atoms with E-state index in [9.17, 15) is 0 Å². The lowest BCUT2D eigenvalue weighted by Crippen LogP contribution is -2.35. The average Bonchev–Trinajstić information content (AvgIpc) is 3.79. The van der Waals surface area contributed by atoms with Crippen LogP contribution < -0.4 is 9.74 Å². The van der Waals surface area contributed by atoms with Gasteiger partial charge in [-0.2, -0.15) is 5.06 Å². The van der Waals surface area contributed by atoms with Crippen molar-refractivity contribution in [3.05, 3.63) is 166 Å². The van der Waals surface area contributed by atoms with E-state index in [0.29, 0.717) is 12.5 Å². The molecule has 3 aliphatic rings. The molecule has 0 N–H and O–H groups in total. The third-order valence-electron chi connectivity index (χ3n) is 11.2. The Morgan fingerprint density at radius 1 is 0.569 bits per heavy atom.